The summed E-state index contributed by atoms with van der Waals surface area (Å²) in [7, 11) is 5.01. The highest BCUT2D eigenvalue weighted by Crippen LogP contribution is 2.34. The van der Waals surface area contributed by atoms with E-state index in [0.717, 1.165) is 11.3 Å². The summed E-state index contributed by atoms with van der Waals surface area (Å²) in [5, 5.41) is 2.90. The fourth-order valence-corrected chi connectivity index (χ4v) is 3.47. The second kappa shape index (κ2) is 10.8. The first kappa shape index (κ1) is 23.6. The van der Waals surface area contributed by atoms with Gasteiger partial charge >= 0.3 is 11.9 Å². The van der Waals surface area contributed by atoms with Crippen molar-refractivity contribution in [3.8, 4) is 0 Å². The van der Waals surface area contributed by atoms with Crippen molar-refractivity contribution in [2.45, 2.75) is 20.8 Å². The Labute approximate surface area is 168 Å². The molecule has 0 aromatic carbocycles. The zero-order valence-electron chi connectivity index (χ0n) is 17.1. The molecule has 10 heteroatoms. The van der Waals surface area contributed by atoms with Gasteiger partial charge in [0.1, 0.15) is 9.88 Å². The van der Waals surface area contributed by atoms with Crippen LogP contribution in [0.2, 0.25) is 0 Å². The molecule has 1 unspecified atom stereocenters. The molecule has 0 aliphatic heterocycles. The summed E-state index contributed by atoms with van der Waals surface area (Å²) in [4.78, 5) is 51.0. The van der Waals surface area contributed by atoms with Crippen LogP contribution in [0.3, 0.4) is 0 Å². The van der Waals surface area contributed by atoms with E-state index >= 15 is 0 Å². The SMILES string of the molecule is CCOC(=O)c1sc(NC(=O)C[NH+](C)CC(=O)N(C)C)c(C(=O)OCC)c1C. The van der Waals surface area contributed by atoms with Gasteiger partial charge in [-0.2, -0.15) is 0 Å². The minimum absolute atomic E-state index is 0.0214. The van der Waals surface area contributed by atoms with E-state index in [2.05, 4.69) is 5.32 Å². The third-order valence-electron chi connectivity index (χ3n) is 3.75. The van der Waals surface area contributed by atoms with E-state index < -0.39 is 11.9 Å². The van der Waals surface area contributed by atoms with Gasteiger partial charge in [-0.05, 0) is 26.3 Å². The molecule has 0 saturated heterocycles. The molecule has 0 radical (unpaired) electrons. The minimum atomic E-state index is -0.620. The minimum Gasteiger partial charge on any atom is -0.462 e. The van der Waals surface area contributed by atoms with Gasteiger partial charge in [-0.1, -0.05) is 0 Å². The molecule has 0 fully saturated rings. The number of carbonyl (C=O) groups is 4. The number of thiophene rings is 1. The second-order valence-electron chi connectivity index (χ2n) is 6.35. The van der Waals surface area contributed by atoms with E-state index in [9.17, 15) is 19.2 Å². The number of carbonyl (C=O) groups excluding carboxylic acids is 4. The van der Waals surface area contributed by atoms with Gasteiger partial charge in [-0.25, -0.2) is 9.59 Å². The summed E-state index contributed by atoms with van der Waals surface area (Å²) >= 11 is 0.971. The van der Waals surface area contributed by atoms with Crippen molar-refractivity contribution in [3.05, 3.63) is 16.0 Å². The fraction of sp³-hybridized carbons (Fsp3) is 0.556. The maximum atomic E-state index is 12.4. The third kappa shape index (κ3) is 6.31. The molecule has 0 aliphatic rings. The maximum Gasteiger partial charge on any atom is 0.348 e. The van der Waals surface area contributed by atoms with Gasteiger partial charge in [-0.3, -0.25) is 9.59 Å². The van der Waals surface area contributed by atoms with Crippen LogP contribution in [0, 0.1) is 6.92 Å². The molecule has 2 N–H and O–H groups in total. The Balaban J connectivity index is 3.02. The number of amides is 2. The van der Waals surface area contributed by atoms with Gasteiger partial charge in [0.2, 0.25) is 0 Å². The van der Waals surface area contributed by atoms with Crippen molar-refractivity contribution in [1.82, 2.24) is 4.90 Å². The normalized spacial score (nSPS) is 11.5. The summed E-state index contributed by atoms with van der Waals surface area (Å²) in [6.07, 6.45) is 0. The molecule has 2 amide bonds. The molecule has 1 aromatic rings. The number of ether oxygens (including phenoxy) is 2. The number of likely N-dealkylation sites (N-methyl/N-ethyl adjacent to an activating group) is 2. The lowest BCUT2D eigenvalue weighted by Gasteiger charge is -2.16. The van der Waals surface area contributed by atoms with Crippen molar-refractivity contribution < 1.29 is 33.6 Å². The molecule has 1 heterocycles. The third-order valence-corrected chi connectivity index (χ3v) is 4.94. The molecule has 0 saturated carbocycles. The highest BCUT2D eigenvalue weighted by Gasteiger charge is 2.28. The van der Waals surface area contributed by atoms with Crippen molar-refractivity contribution in [1.29, 1.82) is 0 Å². The average molecular weight is 415 g/mol. The number of quaternary nitrogens is 1. The highest BCUT2D eigenvalue weighted by molar-refractivity contribution is 7.18. The Morgan fingerprint density at radius 3 is 2.14 bits per heavy atom. The highest BCUT2D eigenvalue weighted by atomic mass is 32.1. The van der Waals surface area contributed by atoms with Gasteiger partial charge in [0.25, 0.3) is 11.8 Å². The largest absolute Gasteiger partial charge is 0.462 e. The molecule has 28 heavy (non-hydrogen) atoms. The smallest absolute Gasteiger partial charge is 0.348 e. The van der Waals surface area contributed by atoms with E-state index in [1.165, 1.54) is 4.90 Å². The number of nitrogens with zero attached hydrogens (tertiary/aromatic N) is 1. The summed E-state index contributed by atoms with van der Waals surface area (Å²) < 4.78 is 10.1. The Morgan fingerprint density at radius 1 is 1.04 bits per heavy atom. The molecular weight excluding hydrogens is 386 g/mol. The van der Waals surface area contributed by atoms with E-state index in [1.54, 1.807) is 41.9 Å². The van der Waals surface area contributed by atoms with Gasteiger partial charge in [-0.15, -0.1) is 11.3 Å². The summed E-state index contributed by atoms with van der Waals surface area (Å²) in [6, 6.07) is 0. The Morgan fingerprint density at radius 2 is 1.61 bits per heavy atom. The lowest BCUT2D eigenvalue weighted by Crippen LogP contribution is -3.11. The van der Waals surface area contributed by atoms with E-state index in [4.69, 9.17) is 9.47 Å². The zero-order valence-corrected chi connectivity index (χ0v) is 17.9. The van der Waals surface area contributed by atoms with E-state index in [0.29, 0.717) is 10.5 Å². The molecule has 9 nitrogen and oxygen atoms in total. The quantitative estimate of drug-likeness (QED) is 0.549. The van der Waals surface area contributed by atoms with Crippen LogP contribution >= 0.6 is 11.3 Å². The molecule has 1 rings (SSSR count). The van der Waals surface area contributed by atoms with Crippen LogP contribution in [0.5, 0.6) is 0 Å². The number of nitrogens with one attached hydrogen (secondary N) is 2. The van der Waals surface area contributed by atoms with E-state index in [1.807, 2.05) is 0 Å². The van der Waals surface area contributed by atoms with Crippen LogP contribution in [0.4, 0.5) is 5.00 Å². The van der Waals surface area contributed by atoms with Crippen LogP contribution in [-0.2, 0) is 19.1 Å². The summed E-state index contributed by atoms with van der Waals surface area (Å²) in [5.41, 5.74) is 0.547. The first-order valence-electron chi connectivity index (χ1n) is 8.91. The topological polar surface area (TPSA) is 106 Å². The molecule has 0 aliphatic carbocycles. The van der Waals surface area contributed by atoms with E-state index in [-0.39, 0.29) is 53.6 Å². The van der Waals surface area contributed by atoms with Gasteiger partial charge in [0, 0.05) is 14.1 Å². The number of esters is 2. The van der Waals surface area contributed by atoms with Crippen LogP contribution in [0.1, 0.15) is 39.4 Å². The zero-order chi connectivity index (χ0) is 21.4. The van der Waals surface area contributed by atoms with Crippen molar-refractivity contribution >= 4 is 40.1 Å². The van der Waals surface area contributed by atoms with Gasteiger partial charge in [0.05, 0.1) is 25.8 Å². The van der Waals surface area contributed by atoms with Crippen LogP contribution in [0.15, 0.2) is 0 Å². The summed E-state index contributed by atoms with van der Waals surface area (Å²) in [6.45, 7) is 5.50. The Bertz CT molecular complexity index is 744. The lowest BCUT2D eigenvalue weighted by molar-refractivity contribution is -0.862. The van der Waals surface area contributed by atoms with Gasteiger partial charge in [0.15, 0.2) is 13.1 Å². The Hall–Kier alpha value is -2.46. The molecular formula is C18H28N3O6S+. The first-order chi connectivity index (χ1) is 13.1. The number of anilines is 1. The predicted molar refractivity (Wildman–Crippen MR) is 105 cm³/mol. The number of hydrogen-bond acceptors (Lipinski definition) is 7. The van der Waals surface area contributed by atoms with Crippen LogP contribution in [0.25, 0.3) is 0 Å². The average Bonchev–Trinajstić information content (AvgIpc) is 2.90. The maximum absolute atomic E-state index is 12.4. The van der Waals surface area contributed by atoms with Crippen molar-refractivity contribution in [2.75, 3.05) is 52.8 Å². The Kier molecular flexibility index (Phi) is 9.07. The fourth-order valence-electron chi connectivity index (χ4n) is 2.37. The van der Waals surface area contributed by atoms with Crippen LogP contribution in [-0.4, -0.2) is 76.1 Å². The number of rotatable bonds is 9. The number of hydrogen-bond donors (Lipinski definition) is 2. The molecule has 1 aromatic heterocycles. The standard InChI is InChI=1S/C18H27N3O6S/c1-7-26-17(24)14-11(3)15(18(25)27-8-2)28-16(14)19-12(22)9-21(6)10-13(23)20(4)5/h7-10H2,1-6H3,(H,19,22)/p+1. The molecule has 0 bridgehead atoms. The molecule has 0 spiro atoms. The van der Waals surface area contributed by atoms with Crippen molar-refractivity contribution in [3.63, 3.8) is 0 Å². The molecule has 1 atom stereocenters. The summed E-state index contributed by atoms with van der Waals surface area (Å²) in [5.74, 6) is -1.67. The monoisotopic (exact) mass is 414 g/mol. The predicted octanol–water partition coefficient (Wildman–Crippen LogP) is -0.0487. The molecule has 156 valence electrons. The van der Waals surface area contributed by atoms with Crippen LogP contribution < -0.4 is 10.2 Å². The first-order valence-corrected chi connectivity index (χ1v) is 9.72. The van der Waals surface area contributed by atoms with Crippen molar-refractivity contribution in [2.24, 2.45) is 0 Å². The second-order valence-corrected chi connectivity index (χ2v) is 7.37. The lowest BCUT2D eigenvalue weighted by atomic mass is 10.1. The van der Waals surface area contributed by atoms with Gasteiger partial charge < -0.3 is 24.6 Å².